The molecule has 210 valence electrons. The van der Waals surface area contributed by atoms with Gasteiger partial charge < -0.3 is 25.6 Å². The predicted molar refractivity (Wildman–Crippen MR) is 147 cm³/mol. The van der Waals surface area contributed by atoms with E-state index in [1.54, 1.807) is 34.1 Å². The summed E-state index contributed by atoms with van der Waals surface area (Å²) in [5, 5.41) is 3.31. The van der Waals surface area contributed by atoms with E-state index in [0.717, 1.165) is 10.1 Å². The van der Waals surface area contributed by atoms with Gasteiger partial charge in [0.05, 0.1) is 19.4 Å². The first kappa shape index (κ1) is 27.5. The van der Waals surface area contributed by atoms with Crippen molar-refractivity contribution in [3.63, 3.8) is 0 Å². The summed E-state index contributed by atoms with van der Waals surface area (Å²) in [6.07, 6.45) is 1.39. The minimum absolute atomic E-state index is 0.134. The maximum atomic E-state index is 13.5. The van der Waals surface area contributed by atoms with Gasteiger partial charge in [0, 0.05) is 50.8 Å². The molecule has 40 heavy (non-hydrogen) atoms. The minimum atomic E-state index is -0.670. The van der Waals surface area contributed by atoms with Crippen LogP contribution >= 0.6 is 11.6 Å². The lowest BCUT2D eigenvalue weighted by Gasteiger charge is -2.27. The fourth-order valence-electron chi connectivity index (χ4n) is 4.66. The molecule has 4 heterocycles. The van der Waals surface area contributed by atoms with Crippen molar-refractivity contribution in [3.8, 4) is 0 Å². The molecule has 2 aromatic heterocycles. The Balaban J connectivity index is 1.49. The van der Waals surface area contributed by atoms with E-state index >= 15 is 0 Å². The van der Waals surface area contributed by atoms with Crippen LogP contribution in [0.2, 0.25) is 5.02 Å². The van der Waals surface area contributed by atoms with Gasteiger partial charge in [0.1, 0.15) is 17.6 Å². The summed E-state index contributed by atoms with van der Waals surface area (Å²) >= 11 is 5.94. The van der Waals surface area contributed by atoms with Crippen molar-refractivity contribution >= 4 is 46.4 Å². The number of urea groups is 1. The van der Waals surface area contributed by atoms with Crippen molar-refractivity contribution in [2.75, 3.05) is 57.4 Å². The highest BCUT2D eigenvalue weighted by Crippen LogP contribution is 2.20. The van der Waals surface area contributed by atoms with Gasteiger partial charge in [-0.25, -0.2) is 14.8 Å². The van der Waals surface area contributed by atoms with Gasteiger partial charge in [-0.2, -0.15) is 0 Å². The molecule has 14 heteroatoms. The molecule has 2 saturated heterocycles. The van der Waals surface area contributed by atoms with Gasteiger partial charge in [-0.3, -0.25) is 23.9 Å². The molecule has 0 spiro atoms. The van der Waals surface area contributed by atoms with Crippen LogP contribution in [0.3, 0.4) is 0 Å². The largest absolute Gasteiger partial charge is 0.378 e. The number of halogens is 1. The molecule has 3 aromatic rings. The number of benzene rings is 1. The lowest BCUT2D eigenvalue weighted by Crippen LogP contribution is -2.44. The molecule has 2 fully saturated rings. The molecular weight excluding hydrogens is 540 g/mol. The fraction of sp³-hybridized carbons (Fsp3) is 0.385. The van der Waals surface area contributed by atoms with Crippen LogP contribution in [0.1, 0.15) is 15.9 Å². The van der Waals surface area contributed by atoms with Crippen molar-refractivity contribution in [3.05, 3.63) is 63.0 Å². The van der Waals surface area contributed by atoms with Gasteiger partial charge in [-0.05, 0) is 23.8 Å². The molecule has 1 aromatic carbocycles. The Morgan fingerprint density at radius 3 is 2.55 bits per heavy atom. The first-order valence-corrected chi connectivity index (χ1v) is 13.3. The molecular formula is C26H29ClN8O5. The van der Waals surface area contributed by atoms with Crippen LogP contribution in [0, 0.1) is 0 Å². The second kappa shape index (κ2) is 12.0. The number of nitrogens with two attached hydrogens (primary N) is 1. The van der Waals surface area contributed by atoms with Crippen molar-refractivity contribution in [2.24, 2.45) is 5.73 Å². The second-order valence-corrected chi connectivity index (χ2v) is 9.84. The molecule has 5 rings (SSSR count). The second-order valence-electron chi connectivity index (χ2n) is 9.40. The van der Waals surface area contributed by atoms with Gasteiger partial charge in [0.2, 0.25) is 5.91 Å². The molecule has 13 nitrogen and oxygen atoms in total. The van der Waals surface area contributed by atoms with Gasteiger partial charge in [0.25, 0.3) is 11.5 Å². The number of hydrogen-bond donors (Lipinski definition) is 2. The summed E-state index contributed by atoms with van der Waals surface area (Å²) in [5.74, 6) is -0.661. The molecule has 2 aliphatic rings. The molecule has 0 bridgehead atoms. The number of anilines is 1. The number of carbonyl (C=O) groups is 3. The number of amides is 4. The zero-order chi connectivity index (χ0) is 28.2. The number of rotatable bonds is 8. The van der Waals surface area contributed by atoms with Crippen LogP contribution in [-0.2, 0) is 22.6 Å². The van der Waals surface area contributed by atoms with E-state index in [4.69, 9.17) is 22.1 Å². The average Bonchev–Trinajstić information content (AvgIpc) is 3.33. The number of ether oxygens (including phenoxy) is 1. The maximum absolute atomic E-state index is 13.5. The molecule has 0 saturated carbocycles. The number of carbonyl (C=O) groups excluding carboxylic acids is 3. The Morgan fingerprint density at radius 1 is 1.07 bits per heavy atom. The van der Waals surface area contributed by atoms with Crippen molar-refractivity contribution in [1.29, 1.82) is 0 Å². The Morgan fingerprint density at radius 2 is 1.82 bits per heavy atom. The maximum Gasteiger partial charge on any atom is 0.325 e. The minimum Gasteiger partial charge on any atom is -0.378 e. The van der Waals surface area contributed by atoms with Crippen LogP contribution < -0.4 is 21.5 Å². The highest BCUT2D eigenvalue weighted by molar-refractivity contribution is 6.30. The summed E-state index contributed by atoms with van der Waals surface area (Å²) in [5.41, 5.74) is 5.87. The molecule has 0 aliphatic carbocycles. The van der Waals surface area contributed by atoms with E-state index in [1.807, 2.05) is 0 Å². The molecule has 2 aliphatic heterocycles. The Kier molecular flexibility index (Phi) is 8.24. The highest BCUT2D eigenvalue weighted by Gasteiger charge is 2.31. The Hall–Kier alpha value is -4.07. The summed E-state index contributed by atoms with van der Waals surface area (Å²) in [4.78, 5) is 66.3. The number of pyridine rings is 1. The number of nitrogens with zero attached hydrogens (tertiary/aromatic N) is 6. The van der Waals surface area contributed by atoms with Crippen molar-refractivity contribution in [2.45, 2.75) is 13.1 Å². The van der Waals surface area contributed by atoms with Crippen LogP contribution in [0.4, 0.5) is 10.6 Å². The molecule has 3 N–H and O–H groups in total. The summed E-state index contributed by atoms with van der Waals surface area (Å²) in [7, 11) is 0. The quantitative estimate of drug-likeness (QED) is 0.396. The number of nitrogens with one attached hydrogen (secondary N) is 1. The van der Waals surface area contributed by atoms with Gasteiger partial charge in [-0.15, -0.1) is 0 Å². The third-order valence-corrected chi connectivity index (χ3v) is 7.07. The third-order valence-electron chi connectivity index (χ3n) is 6.82. The zero-order valence-corrected chi connectivity index (χ0v) is 22.5. The molecule has 0 radical (unpaired) electrons. The number of aromatic nitrogens is 3. The Labute approximate surface area is 234 Å². The van der Waals surface area contributed by atoms with Crippen molar-refractivity contribution < 1.29 is 19.1 Å². The molecule has 0 atom stereocenters. The monoisotopic (exact) mass is 568 g/mol. The van der Waals surface area contributed by atoms with Crippen LogP contribution in [-0.4, -0.2) is 94.7 Å². The molecule has 4 amide bonds. The van der Waals surface area contributed by atoms with E-state index in [1.165, 1.54) is 17.2 Å². The SMILES string of the molecule is NCCN1CCN(c2cnc3c(cc(C(=O)NCc4ccc(Cl)cc4)c(=O)n3CC(=O)N3CCOCC3)n2)C1=O. The lowest BCUT2D eigenvalue weighted by atomic mass is 10.2. The third kappa shape index (κ3) is 5.76. The zero-order valence-electron chi connectivity index (χ0n) is 21.7. The first-order valence-electron chi connectivity index (χ1n) is 12.9. The summed E-state index contributed by atoms with van der Waals surface area (Å²) in [6.45, 7) is 3.08. The fourth-order valence-corrected chi connectivity index (χ4v) is 4.78. The van der Waals surface area contributed by atoms with E-state index in [0.29, 0.717) is 57.5 Å². The van der Waals surface area contributed by atoms with E-state index in [9.17, 15) is 19.2 Å². The number of fused-ring (bicyclic) bond motifs is 1. The molecule has 0 unspecified atom stereocenters. The number of morpholine rings is 1. The standard InChI is InChI=1S/C26H29ClN8O5/c27-18-3-1-17(2-4-18)14-30-24(37)19-13-20-23(35(25(19)38)16-22(36)32-9-11-40-12-10-32)29-15-21(31-20)34-8-7-33(6-5-28)26(34)39/h1-4,13,15H,5-12,14,16,28H2,(H,30,37). The van der Waals surface area contributed by atoms with Crippen LogP contribution in [0.15, 0.2) is 41.3 Å². The lowest BCUT2D eigenvalue weighted by molar-refractivity contribution is -0.135. The van der Waals surface area contributed by atoms with E-state index in [-0.39, 0.29) is 47.6 Å². The average molecular weight is 569 g/mol. The normalized spacial score (nSPS) is 15.7. The van der Waals surface area contributed by atoms with Gasteiger partial charge >= 0.3 is 6.03 Å². The van der Waals surface area contributed by atoms with Gasteiger partial charge in [0.15, 0.2) is 11.5 Å². The summed E-state index contributed by atoms with van der Waals surface area (Å²) in [6, 6.07) is 8.03. The van der Waals surface area contributed by atoms with Crippen LogP contribution in [0.5, 0.6) is 0 Å². The topological polar surface area (TPSA) is 156 Å². The highest BCUT2D eigenvalue weighted by atomic mass is 35.5. The Bertz CT molecular complexity index is 1490. The number of hydrogen-bond acceptors (Lipinski definition) is 8. The predicted octanol–water partition coefficient (Wildman–Crippen LogP) is 0.434. The van der Waals surface area contributed by atoms with Crippen LogP contribution in [0.25, 0.3) is 11.2 Å². The summed E-state index contributed by atoms with van der Waals surface area (Å²) < 4.78 is 6.48. The smallest absolute Gasteiger partial charge is 0.325 e. The first-order chi connectivity index (χ1) is 19.4. The van der Waals surface area contributed by atoms with E-state index < -0.39 is 11.5 Å². The van der Waals surface area contributed by atoms with Crippen molar-refractivity contribution in [1.82, 2.24) is 29.7 Å². The van der Waals surface area contributed by atoms with E-state index in [2.05, 4.69) is 15.3 Å². The van der Waals surface area contributed by atoms with Gasteiger partial charge in [-0.1, -0.05) is 23.7 Å².